The number of aromatic nitrogens is 1. The van der Waals surface area contributed by atoms with Crippen LogP contribution in [0.5, 0.6) is 17.4 Å². The summed E-state index contributed by atoms with van der Waals surface area (Å²) in [5.41, 5.74) is 8.86. The lowest BCUT2D eigenvalue weighted by atomic mass is 10.0. The molecule has 0 saturated carbocycles. The maximum Gasteiger partial charge on any atom is 0.198 e. The number of nitrogen functional groups attached to an aromatic ring is 1. The third-order valence-electron chi connectivity index (χ3n) is 4.76. The summed E-state index contributed by atoms with van der Waals surface area (Å²) in [6.45, 7) is 0. The molecule has 0 spiro atoms. The van der Waals surface area contributed by atoms with Crippen molar-refractivity contribution >= 4 is 34.3 Å². The first-order valence-electron chi connectivity index (χ1n) is 9.12. The summed E-state index contributed by atoms with van der Waals surface area (Å²) < 4.78 is 5.02. The molecule has 0 fully saturated rings. The minimum Gasteiger partial charge on any atom is -0.504 e. The Morgan fingerprint density at radius 3 is 2.47 bits per heavy atom. The zero-order valence-electron chi connectivity index (χ0n) is 16.1. The number of methoxy groups -OCH3 is 1. The number of ketones is 1. The van der Waals surface area contributed by atoms with Crippen molar-refractivity contribution in [2.45, 2.75) is 0 Å². The maximum atomic E-state index is 12.8. The Morgan fingerprint density at radius 1 is 1.03 bits per heavy atom. The van der Waals surface area contributed by atoms with E-state index in [1.165, 1.54) is 19.4 Å². The van der Waals surface area contributed by atoms with Crippen LogP contribution in [0, 0.1) is 0 Å². The molecule has 4 aromatic rings. The Bertz CT molecular complexity index is 1270. The van der Waals surface area contributed by atoms with Crippen LogP contribution < -0.4 is 10.5 Å². The second kappa shape index (κ2) is 7.63. The molecule has 150 valence electrons. The van der Waals surface area contributed by atoms with Crippen LogP contribution in [0.2, 0.25) is 0 Å². The molecule has 0 amide bonds. The number of H-pyrrole nitrogens is 1. The molecule has 7 nitrogen and oxygen atoms in total. The van der Waals surface area contributed by atoms with Crippen LogP contribution in [0.25, 0.3) is 10.9 Å². The molecule has 5 N–H and O–H groups in total. The van der Waals surface area contributed by atoms with Crippen LogP contribution in [0.4, 0.5) is 11.4 Å². The molecule has 0 saturated heterocycles. The summed E-state index contributed by atoms with van der Waals surface area (Å²) in [7, 11) is 1.46. The van der Waals surface area contributed by atoms with E-state index in [4.69, 9.17) is 10.5 Å². The molecule has 1 heterocycles. The number of benzene rings is 3. The van der Waals surface area contributed by atoms with Gasteiger partial charge in [0.1, 0.15) is 0 Å². The third kappa shape index (κ3) is 3.56. The van der Waals surface area contributed by atoms with E-state index >= 15 is 0 Å². The van der Waals surface area contributed by atoms with Crippen molar-refractivity contribution in [2.75, 3.05) is 12.8 Å². The highest BCUT2D eigenvalue weighted by Gasteiger charge is 2.14. The topological polar surface area (TPSA) is 121 Å². The first kappa shape index (κ1) is 19.1. The summed E-state index contributed by atoms with van der Waals surface area (Å²) in [5.74, 6) is 0.0884. The Kier molecular flexibility index (Phi) is 4.85. The average Bonchev–Trinajstić information content (AvgIpc) is 3.06. The highest BCUT2D eigenvalue weighted by Crippen LogP contribution is 2.31. The van der Waals surface area contributed by atoms with Gasteiger partial charge < -0.3 is 25.7 Å². The lowest BCUT2D eigenvalue weighted by molar-refractivity contribution is 0.103. The van der Waals surface area contributed by atoms with Gasteiger partial charge in [0.15, 0.2) is 23.2 Å². The van der Waals surface area contributed by atoms with Crippen LogP contribution in [0.15, 0.2) is 65.7 Å². The van der Waals surface area contributed by atoms with E-state index in [1.807, 2.05) is 0 Å². The average molecular weight is 401 g/mol. The smallest absolute Gasteiger partial charge is 0.198 e. The fraction of sp³-hybridized carbons (Fsp3) is 0.0435. The lowest BCUT2D eigenvalue weighted by Crippen LogP contribution is -2.01. The number of carbonyl (C=O) groups is 1. The van der Waals surface area contributed by atoms with Gasteiger partial charge in [-0.3, -0.25) is 9.79 Å². The van der Waals surface area contributed by atoms with Crippen molar-refractivity contribution in [1.82, 2.24) is 4.98 Å². The number of aliphatic imine (C=N–C) groups is 1. The fourth-order valence-corrected chi connectivity index (χ4v) is 3.17. The SMILES string of the molecule is COc1ccc(N=Cc2c(O)[nH]c3ccc(C(=O)c4ccc(N)cc4)cc23)cc1O. The number of anilines is 1. The molecule has 0 radical (unpaired) electrons. The molecule has 0 aliphatic carbocycles. The van der Waals surface area contributed by atoms with Crippen LogP contribution in [-0.2, 0) is 0 Å². The van der Waals surface area contributed by atoms with Crippen molar-refractivity contribution in [1.29, 1.82) is 0 Å². The minimum absolute atomic E-state index is 0.0355. The van der Waals surface area contributed by atoms with Crippen molar-refractivity contribution in [3.63, 3.8) is 0 Å². The summed E-state index contributed by atoms with van der Waals surface area (Å²) >= 11 is 0. The minimum atomic E-state index is -0.152. The van der Waals surface area contributed by atoms with Crippen molar-refractivity contribution in [3.05, 3.63) is 77.4 Å². The molecule has 0 atom stereocenters. The molecular weight excluding hydrogens is 382 g/mol. The predicted octanol–water partition coefficient (Wildman–Crippen LogP) is 4.15. The molecule has 4 rings (SSSR count). The lowest BCUT2D eigenvalue weighted by Gasteiger charge is -2.03. The largest absolute Gasteiger partial charge is 0.504 e. The molecule has 7 heteroatoms. The Balaban J connectivity index is 1.71. The number of carbonyl (C=O) groups excluding carboxylic acids is 1. The highest BCUT2D eigenvalue weighted by atomic mass is 16.5. The van der Waals surface area contributed by atoms with E-state index in [1.54, 1.807) is 54.6 Å². The van der Waals surface area contributed by atoms with E-state index in [-0.39, 0.29) is 17.4 Å². The summed E-state index contributed by atoms with van der Waals surface area (Å²) in [6, 6.07) is 16.6. The van der Waals surface area contributed by atoms with Crippen LogP contribution in [0.3, 0.4) is 0 Å². The van der Waals surface area contributed by atoms with E-state index in [0.29, 0.717) is 44.7 Å². The molecule has 3 aromatic carbocycles. The molecule has 30 heavy (non-hydrogen) atoms. The predicted molar refractivity (Wildman–Crippen MR) is 116 cm³/mol. The number of aromatic hydroxyl groups is 2. The van der Waals surface area contributed by atoms with Crippen molar-refractivity contribution < 1.29 is 19.7 Å². The molecule has 0 aliphatic rings. The number of phenols is 1. The van der Waals surface area contributed by atoms with E-state index in [2.05, 4.69) is 9.98 Å². The zero-order valence-corrected chi connectivity index (χ0v) is 16.1. The summed E-state index contributed by atoms with van der Waals surface area (Å²) in [5, 5.41) is 20.9. The molecule has 1 aromatic heterocycles. The van der Waals surface area contributed by atoms with Crippen molar-refractivity contribution in [3.8, 4) is 17.4 Å². The standard InChI is InChI=1S/C23H19N3O4/c1-30-21-9-7-16(11-20(21)27)25-12-18-17-10-14(4-8-19(17)26-23(18)29)22(28)13-2-5-15(24)6-3-13/h2-12,26-27,29H,24H2,1H3. The second-order valence-electron chi connectivity index (χ2n) is 6.71. The molecule has 0 unspecified atom stereocenters. The molecule has 0 aliphatic heterocycles. The number of hydrogen-bond donors (Lipinski definition) is 4. The summed E-state index contributed by atoms with van der Waals surface area (Å²) in [6.07, 6.45) is 1.48. The van der Waals surface area contributed by atoms with Gasteiger partial charge in [-0.05, 0) is 54.6 Å². The normalized spacial score (nSPS) is 11.2. The number of nitrogens with two attached hydrogens (primary N) is 1. The number of nitrogens with zero attached hydrogens (tertiary/aromatic N) is 1. The number of hydrogen-bond acceptors (Lipinski definition) is 6. The fourth-order valence-electron chi connectivity index (χ4n) is 3.17. The van der Waals surface area contributed by atoms with Gasteiger partial charge in [-0.1, -0.05) is 0 Å². The van der Waals surface area contributed by atoms with Gasteiger partial charge in [-0.15, -0.1) is 0 Å². The number of fused-ring (bicyclic) bond motifs is 1. The number of rotatable bonds is 5. The van der Waals surface area contributed by atoms with Crippen molar-refractivity contribution in [2.24, 2.45) is 4.99 Å². The van der Waals surface area contributed by atoms with Gasteiger partial charge in [-0.2, -0.15) is 0 Å². The van der Waals surface area contributed by atoms with Crippen LogP contribution >= 0.6 is 0 Å². The highest BCUT2D eigenvalue weighted by molar-refractivity contribution is 6.12. The van der Waals surface area contributed by atoms with Gasteiger partial charge in [0, 0.05) is 40.0 Å². The third-order valence-corrected chi connectivity index (χ3v) is 4.76. The van der Waals surface area contributed by atoms with E-state index < -0.39 is 0 Å². The number of phenolic OH excluding ortho intramolecular Hbond substituents is 1. The van der Waals surface area contributed by atoms with Gasteiger partial charge >= 0.3 is 0 Å². The monoisotopic (exact) mass is 401 g/mol. The Hall–Kier alpha value is -4.26. The first-order chi connectivity index (χ1) is 14.5. The molecule has 0 bridgehead atoms. The second-order valence-corrected chi connectivity index (χ2v) is 6.71. The molecular formula is C23H19N3O4. The van der Waals surface area contributed by atoms with Gasteiger partial charge in [-0.25, -0.2) is 0 Å². The first-order valence-corrected chi connectivity index (χ1v) is 9.12. The zero-order chi connectivity index (χ0) is 21.3. The number of nitrogens with one attached hydrogen (secondary N) is 1. The number of aromatic amines is 1. The number of ether oxygens (including phenoxy) is 1. The van der Waals surface area contributed by atoms with E-state index in [0.717, 1.165) is 0 Å². The quantitative estimate of drug-likeness (QED) is 0.227. The van der Waals surface area contributed by atoms with Gasteiger partial charge in [0.25, 0.3) is 0 Å². The van der Waals surface area contributed by atoms with Crippen LogP contribution in [-0.4, -0.2) is 34.3 Å². The van der Waals surface area contributed by atoms with E-state index in [9.17, 15) is 15.0 Å². The van der Waals surface area contributed by atoms with Gasteiger partial charge in [0.2, 0.25) is 0 Å². The van der Waals surface area contributed by atoms with Gasteiger partial charge in [0.05, 0.1) is 18.4 Å². The van der Waals surface area contributed by atoms with Crippen LogP contribution in [0.1, 0.15) is 21.5 Å². The Labute approximate surface area is 172 Å². The summed E-state index contributed by atoms with van der Waals surface area (Å²) in [4.78, 5) is 20.0. The Morgan fingerprint density at radius 2 is 1.77 bits per heavy atom. The maximum absolute atomic E-state index is 12.8.